The van der Waals surface area contributed by atoms with Crippen molar-refractivity contribution in [2.75, 3.05) is 13.2 Å². The molecule has 1 fully saturated rings. The van der Waals surface area contributed by atoms with Crippen LogP contribution in [0.15, 0.2) is 4.52 Å². The summed E-state index contributed by atoms with van der Waals surface area (Å²) < 4.78 is 12.6. The van der Waals surface area contributed by atoms with Gasteiger partial charge in [0, 0.05) is 44.4 Å². The highest BCUT2D eigenvalue weighted by Crippen LogP contribution is 2.29. The van der Waals surface area contributed by atoms with Gasteiger partial charge in [0.1, 0.15) is 6.10 Å². The largest absolute Gasteiger partial charge is 0.368 e. The average Bonchev–Trinajstić information content (AvgIpc) is 3.27. The quantitative estimate of drug-likeness (QED) is 0.816. The van der Waals surface area contributed by atoms with Crippen LogP contribution in [0.5, 0.6) is 0 Å². The SMILES string of the molecule is Cc1noc(-c2nn(C)c3c2CN(C(=O)[C@@H]2CCCO2)CC3)n1. The number of ether oxygens (including phenoxy) is 1. The number of fused-ring (bicyclic) bond motifs is 1. The van der Waals surface area contributed by atoms with Crippen molar-refractivity contribution in [3.63, 3.8) is 0 Å². The van der Waals surface area contributed by atoms with Crippen LogP contribution in [0.25, 0.3) is 11.6 Å². The molecule has 0 radical (unpaired) electrons. The molecule has 0 bridgehead atoms. The molecule has 0 saturated carbocycles. The van der Waals surface area contributed by atoms with Crippen LogP contribution in [-0.2, 0) is 29.5 Å². The summed E-state index contributed by atoms with van der Waals surface area (Å²) in [5, 5.41) is 8.35. The lowest BCUT2D eigenvalue weighted by Gasteiger charge is -2.29. The Morgan fingerprint density at radius 1 is 1.39 bits per heavy atom. The monoisotopic (exact) mass is 317 g/mol. The van der Waals surface area contributed by atoms with Crippen LogP contribution in [0, 0.1) is 6.92 Å². The molecule has 2 aliphatic rings. The van der Waals surface area contributed by atoms with Crippen LogP contribution >= 0.6 is 0 Å². The molecule has 8 nitrogen and oxygen atoms in total. The Morgan fingerprint density at radius 3 is 2.96 bits per heavy atom. The third-order valence-electron chi connectivity index (χ3n) is 4.49. The highest BCUT2D eigenvalue weighted by atomic mass is 16.5. The summed E-state index contributed by atoms with van der Waals surface area (Å²) in [6.45, 7) is 3.65. The molecule has 1 amide bonds. The van der Waals surface area contributed by atoms with Crippen LogP contribution < -0.4 is 0 Å². The van der Waals surface area contributed by atoms with Crippen LogP contribution in [0.4, 0.5) is 0 Å². The number of carbonyl (C=O) groups is 1. The summed E-state index contributed by atoms with van der Waals surface area (Å²) in [4.78, 5) is 18.7. The first-order chi connectivity index (χ1) is 11.1. The van der Waals surface area contributed by atoms with E-state index >= 15 is 0 Å². The van der Waals surface area contributed by atoms with Gasteiger partial charge in [-0.15, -0.1) is 0 Å². The lowest BCUT2D eigenvalue weighted by atomic mass is 10.0. The number of aryl methyl sites for hydroxylation is 2. The lowest BCUT2D eigenvalue weighted by molar-refractivity contribution is -0.141. The van der Waals surface area contributed by atoms with Crippen LogP contribution in [0.2, 0.25) is 0 Å². The predicted octanol–water partition coefficient (Wildman–Crippen LogP) is 0.842. The van der Waals surface area contributed by atoms with E-state index in [0.717, 1.165) is 30.5 Å². The summed E-state index contributed by atoms with van der Waals surface area (Å²) in [6.07, 6.45) is 2.24. The molecule has 2 aliphatic heterocycles. The fourth-order valence-corrected chi connectivity index (χ4v) is 3.32. The summed E-state index contributed by atoms with van der Waals surface area (Å²) in [6, 6.07) is 0. The fourth-order valence-electron chi connectivity index (χ4n) is 3.32. The van der Waals surface area contributed by atoms with Gasteiger partial charge in [-0.1, -0.05) is 5.16 Å². The van der Waals surface area contributed by atoms with E-state index in [1.54, 1.807) is 6.92 Å². The second-order valence-corrected chi connectivity index (χ2v) is 6.06. The van der Waals surface area contributed by atoms with E-state index in [1.807, 2.05) is 16.6 Å². The molecule has 4 heterocycles. The zero-order valence-electron chi connectivity index (χ0n) is 13.3. The molecule has 122 valence electrons. The van der Waals surface area contributed by atoms with Crippen molar-refractivity contribution in [1.29, 1.82) is 0 Å². The molecule has 23 heavy (non-hydrogen) atoms. The van der Waals surface area contributed by atoms with Gasteiger partial charge in [-0.25, -0.2) is 0 Å². The first kappa shape index (κ1) is 14.4. The smallest absolute Gasteiger partial charge is 0.278 e. The molecule has 1 atom stereocenters. The Bertz CT molecular complexity index is 744. The molecule has 0 spiro atoms. The standard InChI is InChI=1S/C15H19N5O3/c1-9-16-14(23-18-9)13-10-8-20(6-5-11(10)19(2)17-13)15(21)12-4-3-7-22-12/h12H,3-8H2,1-2H3/t12-/m0/s1. The van der Waals surface area contributed by atoms with Crippen molar-refractivity contribution in [3.05, 3.63) is 17.1 Å². The molecular formula is C15H19N5O3. The zero-order valence-corrected chi connectivity index (χ0v) is 13.3. The minimum absolute atomic E-state index is 0.0738. The maximum absolute atomic E-state index is 12.6. The minimum Gasteiger partial charge on any atom is -0.368 e. The third-order valence-corrected chi connectivity index (χ3v) is 4.49. The Labute approximate surface area is 133 Å². The second kappa shape index (κ2) is 5.45. The molecule has 4 rings (SSSR count). The first-order valence-electron chi connectivity index (χ1n) is 7.89. The maximum atomic E-state index is 12.6. The second-order valence-electron chi connectivity index (χ2n) is 6.06. The number of hydrogen-bond donors (Lipinski definition) is 0. The molecular weight excluding hydrogens is 298 g/mol. The summed E-state index contributed by atoms with van der Waals surface area (Å²) >= 11 is 0. The third kappa shape index (κ3) is 2.42. The van der Waals surface area contributed by atoms with E-state index in [0.29, 0.717) is 37.1 Å². The van der Waals surface area contributed by atoms with Gasteiger partial charge in [0.05, 0.1) is 0 Å². The van der Waals surface area contributed by atoms with Gasteiger partial charge in [0.2, 0.25) is 0 Å². The van der Waals surface area contributed by atoms with Gasteiger partial charge >= 0.3 is 0 Å². The minimum atomic E-state index is -0.290. The van der Waals surface area contributed by atoms with E-state index in [4.69, 9.17) is 9.26 Å². The maximum Gasteiger partial charge on any atom is 0.278 e. The highest BCUT2D eigenvalue weighted by molar-refractivity contribution is 5.81. The molecule has 1 saturated heterocycles. The molecule has 8 heteroatoms. The Balaban J connectivity index is 1.64. The van der Waals surface area contributed by atoms with Crippen LogP contribution in [-0.4, -0.2) is 50.0 Å². The van der Waals surface area contributed by atoms with E-state index in [9.17, 15) is 4.79 Å². The highest BCUT2D eigenvalue weighted by Gasteiger charge is 2.33. The van der Waals surface area contributed by atoms with E-state index in [1.165, 1.54) is 0 Å². The topological polar surface area (TPSA) is 86.3 Å². The summed E-state index contributed by atoms with van der Waals surface area (Å²) in [5.41, 5.74) is 2.79. The van der Waals surface area contributed by atoms with Crippen LogP contribution in [0.1, 0.15) is 29.9 Å². The molecule has 0 aromatic carbocycles. The van der Waals surface area contributed by atoms with Crippen molar-refractivity contribution >= 4 is 5.91 Å². The summed E-state index contributed by atoms with van der Waals surface area (Å²) in [5.74, 6) is 1.05. The van der Waals surface area contributed by atoms with Crippen molar-refractivity contribution in [2.24, 2.45) is 7.05 Å². The fraction of sp³-hybridized carbons (Fsp3) is 0.600. The van der Waals surface area contributed by atoms with Gasteiger partial charge < -0.3 is 14.2 Å². The number of carbonyl (C=O) groups excluding carboxylic acids is 1. The van der Waals surface area contributed by atoms with Crippen molar-refractivity contribution in [2.45, 2.75) is 38.8 Å². The molecule has 2 aromatic heterocycles. The summed E-state index contributed by atoms with van der Waals surface area (Å²) in [7, 11) is 1.91. The first-order valence-corrected chi connectivity index (χ1v) is 7.89. The average molecular weight is 317 g/mol. The number of nitrogens with zero attached hydrogens (tertiary/aromatic N) is 5. The molecule has 0 unspecified atom stereocenters. The zero-order chi connectivity index (χ0) is 16.0. The van der Waals surface area contributed by atoms with Gasteiger partial charge in [-0.05, 0) is 19.8 Å². The molecule has 0 aliphatic carbocycles. The Kier molecular flexibility index (Phi) is 3.41. The van der Waals surface area contributed by atoms with Gasteiger partial charge in [-0.3, -0.25) is 9.48 Å². The van der Waals surface area contributed by atoms with Crippen LogP contribution in [0.3, 0.4) is 0 Å². The number of amides is 1. The predicted molar refractivity (Wildman–Crippen MR) is 79.3 cm³/mol. The van der Waals surface area contributed by atoms with Crippen molar-refractivity contribution < 1.29 is 14.1 Å². The normalized spacial score (nSPS) is 20.8. The van der Waals surface area contributed by atoms with Gasteiger partial charge in [-0.2, -0.15) is 10.1 Å². The van der Waals surface area contributed by atoms with Gasteiger partial charge in [0.15, 0.2) is 11.5 Å². The van der Waals surface area contributed by atoms with E-state index < -0.39 is 0 Å². The lowest BCUT2D eigenvalue weighted by Crippen LogP contribution is -2.42. The molecule has 0 N–H and O–H groups in total. The number of rotatable bonds is 2. The van der Waals surface area contributed by atoms with Gasteiger partial charge in [0.25, 0.3) is 11.8 Å². The van der Waals surface area contributed by atoms with E-state index in [2.05, 4.69) is 15.2 Å². The Morgan fingerprint density at radius 2 is 2.26 bits per heavy atom. The molecule has 2 aromatic rings. The van der Waals surface area contributed by atoms with E-state index in [-0.39, 0.29) is 12.0 Å². The van der Waals surface area contributed by atoms with Crippen molar-refractivity contribution in [1.82, 2.24) is 24.8 Å². The number of hydrogen-bond acceptors (Lipinski definition) is 6. The van der Waals surface area contributed by atoms with Crippen molar-refractivity contribution in [3.8, 4) is 11.6 Å². The number of aromatic nitrogens is 4. The Hall–Kier alpha value is -2.22.